The van der Waals surface area contributed by atoms with Crippen molar-refractivity contribution in [1.29, 1.82) is 0 Å². The number of aliphatic hydroxyl groups excluding tert-OH is 2. The fourth-order valence-electron chi connectivity index (χ4n) is 5.44. The standard InChI is InChI=1S/C29H37NO6/c1-18(33)12-27(35)25(17-32)22(10-11-31)13-20-14-24-23(8-9-26(34)29(24)28(36)15-20)21-6-4-19(5-7-21)16-30(2)3/h4-9,20,22,25,31-32,34H,10-17H2,1-3H3. The molecule has 3 unspecified atom stereocenters. The normalized spacial score (nSPS) is 17.1. The predicted molar refractivity (Wildman–Crippen MR) is 138 cm³/mol. The first-order valence-electron chi connectivity index (χ1n) is 12.5. The fourth-order valence-corrected chi connectivity index (χ4v) is 5.44. The van der Waals surface area contributed by atoms with E-state index >= 15 is 0 Å². The molecule has 0 heterocycles. The summed E-state index contributed by atoms with van der Waals surface area (Å²) in [6.07, 6.45) is 1.25. The minimum absolute atomic E-state index is 0.0294. The molecule has 0 fully saturated rings. The Morgan fingerprint density at radius 2 is 1.75 bits per heavy atom. The van der Waals surface area contributed by atoms with Gasteiger partial charge >= 0.3 is 0 Å². The first-order valence-corrected chi connectivity index (χ1v) is 12.5. The average Bonchev–Trinajstić information content (AvgIpc) is 2.79. The highest BCUT2D eigenvalue weighted by molar-refractivity contribution is 6.03. The van der Waals surface area contributed by atoms with Crippen molar-refractivity contribution >= 4 is 17.3 Å². The maximum atomic E-state index is 13.2. The fraction of sp³-hybridized carbons (Fsp3) is 0.483. The Balaban J connectivity index is 1.90. The van der Waals surface area contributed by atoms with Gasteiger partial charge in [0.25, 0.3) is 0 Å². The number of aliphatic hydroxyl groups is 2. The smallest absolute Gasteiger partial charge is 0.167 e. The molecule has 0 aromatic heterocycles. The third-order valence-corrected chi connectivity index (χ3v) is 7.04. The van der Waals surface area contributed by atoms with Gasteiger partial charge in [0.05, 0.1) is 18.6 Å². The molecule has 0 spiro atoms. The topological polar surface area (TPSA) is 115 Å². The van der Waals surface area contributed by atoms with Gasteiger partial charge in [0.1, 0.15) is 17.3 Å². The molecule has 1 aliphatic rings. The van der Waals surface area contributed by atoms with Crippen LogP contribution in [-0.2, 0) is 22.6 Å². The van der Waals surface area contributed by atoms with Gasteiger partial charge < -0.3 is 20.2 Å². The molecule has 0 bridgehead atoms. The van der Waals surface area contributed by atoms with Gasteiger partial charge in [0.2, 0.25) is 0 Å². The number of hydrogen-bond acceptors (Lipinski definition) is 7. The van der Waals surface area contributed by atoms with Crippen LogP contribution in [0.15, 0.2) is 36.4 Å². The van der Waals surface area contributed by atoms with Gasteiger partial charge in [-0.25, -0.2) is 0 Å². The summed E-state index contributed by atoms with van der Waals surface area (Å²) in [4.78, 5) is 39.3. The van der Waals surface area contributed by atoms with Crippen LogP contribution in [0.3, 0.4) is 0 Å². The molecule has 7 nitrogen and oxygen atoms in total. The summed E-state index contributed by atoms with van der Waals surface area (Å²) >= 11 is 0. The van der Waals surface area contributed by atoms with Crippen molar-refractivity contribution < 1.29 is 29.7 Å². The number of ketones is 3. The maximum absolute atomic E-state index is 13.2. The Labute approximate surface area is 212 Å². The van der Waals surface area contributed by atoms with E-state index in [0.717, 1.165) is 23.2 Å². The third-order valence-electron chi connectivity index (χ3n) is 7.04. The van der Waals surface area contributed by atoms with Crippen molar-refractivity contribution in [3.05, 3.63) is 53.1 Å². The van der Waals surface area contributed by atoms with Crippen LogP contribution >= 0.6 is 0 Å². The van der Waals surface area contributed by atoms with Crippen LogP contribution in [-0.4, -0.2) is 64.9 Å². The van der Waals surface area contributed by atoms with E-state index < -0.39 is 12.5 Å². The molecule has 2 aromatic rings. The number of carbonyl (C=O) groups is 3. The first kappa shape index (κ1) is 27.7. The van der Waals surface area contributed by atoms with Gasteiger partial charge in [-0.3, -0.25) is 14.4 Å². The highest BCUT2D eigenvalue weighted by Gasteiger charge is 2.35. The molecule has 2 aromatic carbocycles. The summed E-state index contributed by atoms with van der Waals surface area (Å²) in [7, 11) is 4.02. The van der Waals surface area contributed by atoms with Gasteiger partial charge in [-0.2, -0.15) is 0 Å². The highest BCUT2D eigenvalue weighted by Crippen LogP contribution is 2.41. The zero-order chi connectivity index (χ0) is 26.4. The number of carbonyl (C=O) groups excluding carboxylic acids is 3. The molecule has 3 rings (SSSR count). The molecule has 36 heavy (non-hydrogen) atoms. The number of nitrogens with zero attached hydrogens (tertiary/aromatic N) is 1. The van der Waals surface area contributed by atoms with E-state index in [-0.39, 0.29) is 54.4 Å². The molecular weight excluding hydrogens is 458 g/mol. The van der Waals surface area contributed by atoms with Gasteiger partial charge in [0, 0.05) is 25.5 Å². The summed E-state index contributed by atoms with van der Waals surface area (Å²) in [5, 5.41) is 30.1. The van der Waals surface area contributed by atoms with Crippen molar-refractivity contribution in [3.8, 4) is 16.9 Å². The Morgan fingerprint density at radius 1 is 1.06 bits per heavy atom. The first-order chi connectivity index (χ1) is 17.1. The summed E-state index contributed by atoms with van der Waals surface area (Å²) < 4.78 is 0. The molecule has 3 atom stereocenters. The van der Waals surface area contributed by atoms with Crippen LogP contribution in [0.1, 0.15) is 54.1 Å². The van der Waals surface area contributed by atoms with Gasteiger partial charge in [-0.15, -0.1) is 0 Å². The van der Waals surface area contributed by atoms with Crippen LogP contribution in [0, 0.1) is 17.8 Å². The van der Waals surface area contributed by atoms with E-state index in [9.17, 15) is 29.7 Å². The lowest BCUT2D eigenvalue weighted by atomic mass is 9.72. The van der Waals surface area contributed by atoms with E-state index in [1.54, 1.807) is 6.07 Å². The van der Waals surface area contributed by atoms with Crippen molar-refractivity contribution in [2.75, 3.05) is 27.3 Å². The van der Waals surface area contributed by atoms with Crippen molar-refractivity contribution in [2.45, 2.75) is 45.6 Å². The molecule has 0 saturated heterocycles. The Morgan fingerprint density at radius 3 is 2.33 bits per heavy atom. The Kier molecular flexibility index (Phi) is 9.54. The minimum atomic E-state index is -0.759. The number of fused-ring (bicyclic) bond motifs is 1. The van der Waals surface area contributed by atoms with E-state index in [1.165, 1.54) is 12.5 Å². The SMILES string of the molecule is CC(=O)CC(=O)C(CO)C(CCO)CC1CC(=O)c2c(O)ccc(-c3ccc(CN(C)C)cc3)c2C1. The van der Waals surface area contributed by atoms with Gasteiger partial charge in [0.15, 0.2) is 5.78 Å². The average molecular weight is 496 g/mol. The lowest BCUT2D eigenvalue weighted by Crippen LogP contribution is -2.32. The summed E-state index contributed by atoms with van der Waals surface area (Å²) in [6, 6.07) is 11.6. The summed E-state index contributed by atoms with van der Waals surface area (Å²) in [6.45, 7) is 1.59. The third kappa shape index (κ3) is 6.66. The zero-order valence-corrected chi connectivity index (χ0v) is 21.4. The number of aromatic hydroxyl groups is 1. The highest BCUT2D eigenvalue weighted by atomic mass is 16.3. The second-order valence-electron chi connectivity index (χ2n) is 10.3. The Bertz CT molecular complexity index is 1090. The molecule has 0 amide bonds. The van der Waals surface area contributed by atoms with Crippen LogP contribution in [0.25, 0.3) is 11.1 Å². The van der Waals surface area contributed by atoms with Crippen LogP contribution < -0.4 is 0 Å². The van der Waals surface area contributed by atoms with Crippen LogP contribution in [0.5, 0.6) is 5.75 Å². The molecule has 0 aliphatic heterocycles. The maximum Gasteiger partial charge on any atom is 0.167 e. The molecule has 3 N–H and O–H groups in total. The van der Waals surface area contributed by atoms with Crippen molar-refractivity contribution in [1.82, 2.24) is 4.90 Å². The van der Waals surface area contributed by atoms with E-state index in [4.69, 9.17) is 0 Å². The van der Waals surface area contributed by atoms with Crippen LogP contribution in [0.2, 0.25) is 0 Å². The monoisotopic (exact) mass is 495 g/mol. The molecule has 1 aliphatic carbocycles. The van der Waals surface area contributed by atoms with Crippen LogP contribution in [0.4, 0.5) is 0 Å². The van der Waals surface area contributed by atoms with E-state index in [2.05, 4.69) is 17.0 Å². The molecule has 0 saturated carbocycles. The van der Waals surface area contributed by atoms with Gasteiger partial charge in [-0.05, 0) is 80.4 Å². The second-order valence-corrected chi connectivity index (χ2v) is 10.3. The molecule has 194 valence electrons. The second kappa shape index (κ2) is 12.4. The zero-order valence-electron chi connectivity index (χ0n) is 21.4. The predicted octanol–water partition coefficient (Wildman–Crippen LogP) is 3.41. The van der Waals surface area contributed by atoms with Crippen molar-refractivity contribution in [2.24, 2.45) is 17.8 Å². The lowest BCUT2D eigenvalue weighted by molar-refractivity contribution is -0.131. The van der Waals surface area contributed by atoms with Gasteiger partial charge in [-0.1, -0.05) is 30.3 Å². The Hall–Kier alpha value is -2.87. The quantitative estimate of drug-likeness (QED) is 0.387. The van der Waals surface area contributed by atoms with Crippen molar-refractivity contribution in [3.63, 3.8) is 0 Å². The lowest BCUT2D eigenvalue weighted by Gasteiger charge is -2.31. The summed E-state index contributed by atoms with van der Waals surface area (Å²) in [5.74, 6) is -2.00. The largest absolute Gasteiger partial charge is 0.507 e. The number of benzene rings is 2. The number of phenols is 1. The van der Waals surface area contributed by atoms with E-state index in [1.807, 2.05) is 32.3 Å². The number of rotatable bonds is 12. The molecule has 0 radical (unpaired) electrons. The number of Topliss-reactive ketones (excluding diaryl/α,β-unsaturated/α-hetero) is 3. The number of phenolic OH excluding ortho intramolecular Hbond substituents is 1. The van der Waals surface area contributed by atoms with E-state index in [0.29, 0.717) is 24.8 Å². The molecule has 7 heteroatoms. The number of hydrogen-bond donors (Lipinski definition) is 3. The summed E-state index contributed by atoms with van der Waals surface area (Å²) in [5.41, 5.74) is 4.16. The molecular formula is C29H37NO6. The minimum Gasteiger partial charge on any atom is -0.507 e.